The first-order valence-corrected chi connectivity index (χ1v) is 7.05. The van der Waals surface area contributed by atoms with Crippen molar-refractivity contribution in [2.24, 2.45) is 0 Å². The monoisotopic (exact) mass is 297 g/mol. The van der Waals surface area contributed by atoms with E-state index >= 15 is 0 Å². The maximum atomic E-state index is 12.1. The largest absolute Gasteiger partial charge is 0.394 e. The molecule has 3 heterocycles. The van der Waals surface area contributed by atoms with Gasteiger partial charge in [0.1, 0.15) is 18.1 Å². The maximum Gasteiger partial charge on any atom is 0.351 e. The van der Waals surface area contributed by atoms with E-state index in [0.29, 0.717) is 32.1 Å². The van der Waals surface area contributed by atoms with E-state index < -0.39 is 24.1 Å². The Labute approximate surface area is 121 Å². The van der Waals surface area contributed by atoms with Gasteiger partial charge >= 0.3 is 5.69 Å². The third kappa shape index (κ3) is 2.93. The Balaban J connectivity index is 1.77. The summed E-state index contributed by atoms with van der Waals surface area (Å²) < 4.78 is 12.1. The molecule has 0 spiro atoms. The average Bonchev–Trinajstić information content (AvgIpc) is 2.89. The van der Waals surface area contributed by atoms with Crippen molar-refractivity contribution >= 4 is 5.82 Å². The molecule has 0 bridgehead atoms. The van der Waals surface area contributed by atoms with Crippen molar-refractivity contribution in [2.45, 2.75) is 24.9 Å². The lowest BCUT2D eigenvalue weighted by atomic mass is 10.2. The fourth-order valence-corrected chi connectivity index (χ4v) is 2.64. The minimum absolute atomic E-state index is 0.268. The van der Waals surface area contributed by atoms with Gasteiger partial charge in [-0.2, -0.15) is 4.98 Å². The molecule has 1 aromatic rings. The summed E-state index contributed by atoms with van der Waals surface area (Å²) in [5.41, 5.74) is -0.421. The van der Waals surface area contributed by atoms with Crippen molar-refractivity contribution in [3.05, 3.63) is 22.7 Å². The molecule has 21 heavy (non-hydrogen) atoms. The van der Waals surface area contributed by atoms with Crippen molar-refractivity contribution in [2.75, 3.05) is 37.8 Å². The summed E-state index contributed by atoms with van der Waals surface area (Å²) in [6, 6.07) is 1.76. The van der Waals surface area contributed by atoms with E-state index in [4.69, 9.17) is 14.6 Å². The molecule has 2 aliphatic rings. The first-order chi connectivity index (χ1) is 10.2. The van der Waals surface area contributed by atoms with Crippen LogP contribution >= 0.6 is 0 Å². The van der Waals surface area contributed by atoms with Gasteiger partial charge in [-0.3, -0.25) is 4.57 Å². The quantitative estimate of drug-likeness (QED) is 0.717. The van der Waals surface area contributed by atoms with Crippen LogP contribution in [0.2, 0.25) is 0 Å². The first-order valence-electron chi connectivity index (χ1n) is 7.05. The maximum absolute atomic E-state index is 12.1. The molecule has 0 aromatic carbocycles. The molecular weight excluding hydrogens is 278 g/mol. The first kappa shape index (κ1) is 14.5. The molecule has 0 saturated carbocycles. The van der Waals surface area contributed by atoms with Gasteiger partial charge in [-0.15, -0.1) is 0 Å². The number of aliphatic hydroxyl groups excluding tert-OH is 2. The Morgan fingerprint density at radius 2 is 2.14 bits per heavy atom. The van der Waals surface area contributed by atoms with Crippen LogP contribution in [0, 0.1) is 0 Å². The summed E-state index contributed by atoms with van der Waals surface area (Å²) in [4.78, 5) is 18.2. The highest BCUT2D eigenvalue weighted by molar-refractivity contribution is 5.36. The third-order valence-corrected chi connectivity index (χ3v) is 3.84. The Hall–Kier alpha value is -1.48. The molecule has 3 rings (SSSR count). The number of ether oxygens (including phenoxy) is 2. The SMILES string of the molecule is O=c1nc(N2CCOCC2)ccn1[C@H]1C[C@H](O)[C@@H](CO)O1. The zero-order valence-electron chi connectivity index (χ0n) is 11.6. The van der Waals surface area contributed by atoms with Crippen LogP contribution in [0.4, 0.5) is 5.82 Å². The second-order valence-corrected chi connectivity index (χ2v) is 5.19. The number of anilines is 1. The van der Waals surface area contributed by atoms with Crippen LogP contribution in [0.15, 0.2) is 17.1 Å². The molecule has 0 aliphatic carbocycles. The highest BCUT2D eigenvalue weighted by Gasteiger charge is 2.35. The van der Waals surface area contributed by atoms with Crippen molar-refractivity contribution in [1.29, 1.82) is 0 Å². The fourth-order valence-electron chi connectivity index (χ4n) is 2.64. The van der Waals surface area contributed by atoms with Crippen LogP contribution in [0.1, 0.15) is 12.6 Å². The Morgan fingerprint density at radius 1 is 1.38 bits per heavy atom. The zero-order valence-corrected chi connectivity index (χ0v) is 11.6. The van der Waals surface area contributed by atoms with Crippen molar-refractivity contribution < 1.29 is 19.7 Å². The summed E-state index contributed by atoms with van der Waals surface area (Å²) in [6.45, 7) is 2.40. The summed E-state index contributed by atoms with van der Waals surface area (Å²) in [7, 11) is 0. The number of rotatable bonds is 3. The smallest absolute Gasteiger partial charge is 0.351 e. The van der Waals surface area contributed by atoms with Gasteiger partial charge in [-0.25, -0.2) is 4.79 Å². The predicted octanol–water partition coefficient (Wildman–Crippen LogP) is -1.28. The minimum atomic E-state index is -0.772. The van der Waals surface area contributed by atoms with Crippen LogP contribution in [0.3, 0.4) is 0 Å². The molecule has 2 N–H and O–H groups in total. The Morgan fingerprint density at radius 3 is 2.76 bits per heavy atom. The number of hydrogen-bond acceptors (Lipinski definition) is 7. The summed E-state index contributed by atoms with van der Waals surface area (Å²) in [5, 5.41) is 18.8. The van der Waals surface area contributed by atoms with E-state index in [1.807, 2.05) is 4.90 Å². The molecule has 2 saturated heterocycles. The minimum Gasteiger partial charge on any atom is -0.394 e. The number of nitrogens with zero attached hydrogens (tertiary/aromatic N) is 3. The van der Waals surface area contributed by atoms with Gasteiger partial charge in [0.05, 0.1) is 25.9 Å². The van der Waals surface area contributed by atoms with Crippen molar-refractivity contribution in [3.63, 3.8) is 0 Å². The molecule has 116 valence electrons. The Kier molecular flexibility index (Phi) is 4.20. The molecule has 0 radical (unpaired) electrons. The molecule has 0 amide bonds. The predicted molar refractivity (Wildman–Crippen MR) is 73.1 cm³/mol. The lowest BCUT2D eigenvalue weighted by Crippen LogP contribution is -2.38. The van der Waals surface area contributed by atoms with Gasteiger partial charge in [-0.1, -0.05) is 0 Å². The summed E-state index contributed by atoms with van der Waals surface area (Å²) in [6.07, 6.45) is -0.122. The van der Waals surface area contributed by atoms with Gasteiger partial charge < -0.3 is 24.6 Å². The molecule has 1 aromatic heterocycles. The standard InChI is InChI=1S/C13H19N3O5/c17-8-10-9(18)7-12(21-10)16-2-1-11(14-13(16)19)15-3-5-20-6-4-15/h1-2,9-10,12,17-18H,3-8H2/t9-,10+,12+/m0/s1. The van der Waals surface area contributed by atoms with Crippen molar-refractivity contribution in [3.8, 4) is 0 Å². The van der Waals surface area contributed by atoms with Crippen LogP contribution in [-0.4, -0.2) is 64.9 Å². The lowest BCUT2D eigenvalue weighted by Gasteiger charge is -2.27. The van der Waals surface area contributed by atoms with Gasteiger partial charge in [0.2, 0.25) is 0 Å². The van der Waals surface area contributed by atoms with E-state index in [1.165, 1.54) is 4.57 Å². The van der Waals surface area contributed by atoms with Crippen LogP contribution < -0.4 is 10.6 Å². The molecule has 8 nitrogen and oxygen atoms in total. The third-order valence-electron chi connectivity index (χ3n) is 3.84. The van der Waals surface area contributed by atoms with E-state index in [-0.39, 0.29) is 13.0 Å². The van der Waals surface area contributed by atoms with Gasteiger partial charge in [0.25, 0.3) is 0 Å². The van der Waals surface area contributed by atoms with Crippen LogP contribution in [0.5, 0.6) is 0 Å². The molecule has 3 atom stereocenters. The van der Waals surface area contributed by atoms with Gasteiger partial charge in [0.15, 0.2) is 0 Å². The summed E-state index contributed by atoms with van der Waals surface area (Å²) >= 11 is 0. The second kappa shape index (κ2) is 6.10. The number of morpholine rings is 1. The molecule has 2 aliphatic heterocycles. The lowest BCUT2D eigenvalue weighted by molar-refractivity contribution is -0.0458. The highest BCUT2D eigenvalue weighted by atomic mass is 16.5. The van der Waals surface area contributed by atoms with E-state index in [0.717, 1.165) is 0 Å². The fraction of sp³-hybridized carbons (Fsp3) is 0.692. The van der Waals surface area contributed by atoms with E-state index in [1.54, 1.807) is 12.3 Å². The highest BCUT2D eigenvalue weighted by Crippen LogP contribution is 2.27. The molecular formula is C13H19N3O5. The Bertz CT molecular complexity index is 543. The van der Waals surface area contributed by atoms with Crippen LogP contribution in [-0.2, 0) is 9.47 Å². The normalized spacial score (nSPS) is 29.8. The van der Waals surface area contributed by atoms with Crippen molar-refractivity contribution in [1.82, 2.24) is 9.55 Å². The molecule has 8 heteroatoms. The molecule has 2 fully saturated rings. The zero-order chi connectivity index (χ0) is 14.8. The van der Waals surface area contributed by atoms with E-state index in [2.05, 4.69) is 4.98 Å². The summed E-state index contributed by atoms with van der Waals surface area (Å²) in [5.74, 6) is 0.622. The topological polar surface area (TPSA) is 97.1 Å². The second-order valence-electron chi connectivity index (χ2n) is 5.19. The van der Waals surface area contributed by atoms with Gasteiger partial charge in [0, 0.05) is 25.7 Å². The number of hydrogen-bond donors (Lipinski definition) is 2. The average molecular weight is 297 g/mol. The number of aliphatic hydroxyl groups is 2. The van der Waals surface area contributed by atoms with Gasteiger partial charge in [-0.05, 0) is 6.07 Å². The van der Waals surface area contributed by atoms with E-state index in [9.17, 15) is 9.90 Å². The number of aromatic nitrogens is 2. The molecule has 0 unspecified atom stereocenters. The van der Waals surface area contributed by atoms with Crippen LogP contribution in [0.25, 0.3) is 0 Å².